The van der Waals surface area contributed by atoms with Crippen molar-refractivity contribution >= 4 is 33.9 Å². The van der Waals surface area contributed by atoms with Gasteiger partial charge in [-0.05, 0) is 78.3 Å². The van der Waals surface area contributed by atoms with E-state index in [0.29, 0.717) is 5.02 Å². The van der Waals surface area contributed by atoms with E-state index in [4.69, 9.17) is 11.6 Å². The largest absolute Gasteiger partial charge is 0.355 e. The zero-order valence-corrected chi connectivity index (χ0v) is 18.5. The molecule has 158 valence electrons. The summed E-state index contributed by atoms with van der Waals surface area (Å²) in [4.78, 5) is 6.79. The van der Waals surface area contributed by atoms with Crippen molar-refractivity contribution in [1.82, 2.24) is 9.88 Å². The van der Waals surface area contributed by atoms with Crippen LogP contribution in [0.1, 0.15) is 19.4 Å². The maximum absolute atomic E-state index is 13.4. The van der Waals surface area contributed by atoms with Crippen LogP contribution in [-0.4, -0.2) is 23.0 Å². The molecule has 0 amide bonds. The molecule has 3 nitrogen and oxygen atoms in total. The molecule has 1 heterocycles. The Balaban J connectivity index is 1.73. The lowest BCUT2D eigenvalue weighted by Crippen LogP contribution is -2.22. The fourth-order valence-electron chi connectivity index (χ4n) is 3.79. The Kier molecular flexibility index (Phi) is 6.50. The summed E-state index contributed by atoms with van der Waals surface area (Å²) in [6.45, 7) is 7.08. The van der Waals surface area contributed by atoms with Gasteiger partial charge in [0.2, 0.25) is 0 Å². The van der Waals surface area contributed by atoms with Gasteiger partial charge in [-0.2, -0.15) is 0 Å². The molecule has 31 heavy (non-hydrogen) atoms. The summed E-state index contributed by atoms with van der Waals surface area (Å²) in [5, 5.41) is 5.22. The first-order chi connectivity index (χ1) is 15.1. The van der Waals surface area contributed by atoms with Crippen molar-refractivity contribution in [3.63, 3.8) is 0 Å². The van der Waals surface area contributed by atoms with Crippen LogP contribution in [0, 0.1) is 5.82 Å². The number of rotatable bonds is 7. The number of benzene rings is 3. The molecule has 0 aliphatic heterocycles. The maximum Gasteiger partial charge on any atom is 0.123 e. The van der Waals surface area contributed by atoms with Crippen LogP contribution in [0.2, 0.25) is 5.02 Å². The van der Waals surface area contributed by atoms with Gasteiger partial charge in [-0.3, -0.25) is 9.88 Å². The van der Waals surface area contributed by atoms with Gasteiger partial charge in [0.15, 0.2) is 0 Å². The normalized spacial score (nSPS) is 11.3. The summed E-state index contributed by atoms with van der Waals surface area (Å²) in [5.74, 6) is -0.225. The summed E-state index contributed by atoms with van der Waals surface area (Å²) in [7, 11) is 0. The molecule has 1 aromatic heterocycles. The van der Waals surface area contributed by atoms with Crippen LogP contribution in [0.4, 0.5) is 15.8 Å². The number of aromatic nitrogens is 1. The molecule has 0 bridgehead atoms. The van der Waals surface area contributed by atoms with E-state index in [0.717, 1.165) is 53.0 Å². The summed E-state index contributed by atoms with van der Waals surface area (Å²) < 4.78 is 13.4. The van der Waals surface area contributed by atoms with E-state index in [1.54, 1.807) is 6.20 Å². The molecule has 5 heteroatoms. The number of pyridine rings is 1. The van der Waals surface area contributed by atoms with Gasteiger partial charge in [0.25, 0.3) is 0 Å². The topological polar surface area (TPSA) is 28.2 Å². The van der Waals surface area contributed by atoms with Gasteiger partial charge in [-0.1, -0.05) is 43.6 Å². The molecule has 0 fully saturated rings. The van der Waals surface area contributed by atoms with Crippen molar-refractivity contribution in [2.45, 2.75) is 20.4 Å². The summed E-state index contributed by atoms with van der Waals surface area (Å²) in [5.41, 5.74) is 6.15. The lowest BCUT2D eigenvalue weighted by molar-refractivity contribution is 0.296. The molecule has 4 rings (SSSR count). The Morgan fingerprint density at radius 3 is 2.45 bits per heavy atom. The quantitative estimate of drug-likeness (QED) is 0.332. The van der Waals surface area contributed by atoms with Crippen LogP contribution in [0.15, 0.2) is 72.9 Å². The average molecular weight is 434 g/mol. The molecule has 0 aliphatic carbocycles. The monoisotopic (exact) mass is 433 g/mol. The third kappa shape index (κ3) is 4.87. The summed E-state index contributed by atoms with van der Waals surface area (Å²) in [6.07, 6.45) is 1.78. The van der Waals surface area contributed by atoms with E-state index in [1.807, 2.05) is 36.4 Å². The Hall–Kier alpha value is -2.95. The highest BCUT2D eigenvalue weighted by molar-refractivity contribution is 6.31. The van der Waals surface area contributed by atoms with Crippen LogP contribution >= 0.6 is 11.6 Å². The second-order valence-corrected chi connectivity index (χ2v) is 7.92. The first-order valence-electron chi connectivity index (χ1n) is 10.5. The number of fused-ring (bicyclic) bond motifs is 1. The summed E-state index contributed by atoms with van der Waals surface area (Å²) in [6, 6.07) is 20.7. The fraction of sp³-hybridized carbons (Fsp3) is 0.192. The van der Waals surface area contributed by atoms with Gasteiger partial charge in [-0.25, -0.2) is 4.39 Å². The minimum Gasteiger partial charge on any atom is -0.355 e. The number of hydrogen-bond donors (Lipinski definition) is 1. The minimum atomic E-state index is -0.225. The third-order valence-electron chi connectivity index (χ3n) is 5.53. The number of hydrogen-bond acceptors (Lipinski definition) is 3. The number of halogens is 2. The van der Waals surface area contributed by atoms with E-state index in [2.05, 4.69) is 47.2 Å². The third-order valence-corrected chi connectivity index (χ3v) is 5.77. The van der Waals surface area contributed by atoms with Crippen LogP contribution < -0.4 is 5.32 Å². The first kappa shape index (κ1) is 21.3. The predicted molar refractivity (Wildman–Crippen MR) is 128 cm³/mol. The second kappa shape index (κ2) is 9.46. The van der Waals surface area contributed by atoms with Gasteiger partial charge in [0.05, 0.1) is 5.52 Å². The predicted octanol–water partition coefficient (Wildman–Crippen LogP) is 7.28. The number of nitrogens with one attached hydrogen (secondary N) is 1. The van der Waals surface area contributed by atoms with Crippen molar-refractivity contribution in [3.8, 4) is 11.1 Å². The molecule has 1 N–H and O–H groups in total. The van der Waals surface area contributed by atoms with Gasteiger partial charge < -0.3 is 5.32 Å². The Bertz CT molecular complexity index is 1190. The Morgan fingerprint density at radius 1 is 0.935 bits per heavy atom. The zero-order valence-electron chi connectivity index (χ0n) is 17.7. The molecule has 0 spiro atoms. The average Bonchev–Trinajstić information content (AvgIpc) is 2.78. The molecular formula is C26H25ClFN3. The van der Waals surface area contributed by atoms with Crippen LogP contribution in [0.5, 0.6) is 0 Å². The van der Waals surface area contributed by atoms with Gasteiger partial charge in [0.1, 0.15) is 5.82 Å². The molecule has 0 unspecified atom stereocenters. The van der Waals surface area contributed by atoms with Gasteiger partial charge in [-0.15, -0.1) is 0 Å². The minimum absolute atomic E-state index is 0.225. The highest BCUT2D eigenvalue weighted by Gasteiger charge is 2.11. The second-order valence-electron chi connectivity index (χ2n) is 7.49. The van der Waals surface area contributed by atoms with E-state index < -0.39 is 0 Å². The van der Waals surface area contributed by atoms with E-state index in [-0.39, 0.29) is 5.82 Å². The molecule has 4 aromatic rings. The maximum atomic E-state index is 13.4. The number of anilines is 2. The van der Waals surface area contributed by atoms with E-state index >= 15 is 0 Å². The lowest BCUT2D eigenvalue weighted by Gasteiger charge is -2.21. The lowest BCUT2D eigenvalue weighted by atomic mass is 9.98. The zero-order chi connectivity index (χ0) is 21.8. The standard InChI is InChI=1S/C26H25ClFN3/c1-3-31(4-2)17-19-15-22(10-12-23(19)18-5-8-21(28)9-6-18)30-25-13-14-29-26-16-20(27)7-11-24(25)26/h5-16H,3-4,17H2,1-2H3,(H,29,30). The Labute approximate surface area is 187 Å². The van der Waals surface area contributed by atoms with E-state index in [9.17, 15) is 4.39 Å². The highest BCUT2D eigenvalue weighted by Crippen LogP contribution is 2.31. The molecule has 0 radical (unpaired) electrons. The molecule has 3 aromatic carbocycles. The fourth-order valence-corrected chi connectivity index (χ4v) is 3.95. The molecule has 0 aliphatic rings. The van der Waals surface area contributed by atoms with Gasteiger partial charge >= 0.3 is 0 Å². The molecule has 0 saturated heterocycles. The van der Waals surface area contributed by atoms with Crippen molar-refractivity contribution in [2.24, 2.45) is 0 Å². The van der Waals surface area contributed by atoms with Crippen LogP contribution in [0.25, 0.3) is 22.0 Å². The Morgan fingerprint density at radius 2 is 1.71 bits per heavy atom. The van der Waals surface area contributed by atoms with Crippen molar-refractivity contribution in [2.75, 3.05) is 18.4 Å². The van der Waals surface area contributed by atoms with Crippen LogP contribution in [0.3, 0.4) is 0 Å². The smallest absolute Gasteiger partial charge is 0.123 e. The molecule has 0 atom stereocenters. The van der Waals surface area contributed by atoms with Crippen molar-refractivity contribution < 1.29 is 4.39 Å². The molecule has 0 saturated carbocycles. The highest BCUT2D eigenvalue weighted by atomic mass is 35.5. The SMILES string of the molecule is CCN(CC)Cc1cc(Nc2ccnc3cc(Cl)ccc23)ccc1-c1ccc(F)cc1. The number of nitrogens with zero attached hydrogens (tertiary/aromatic N) is 2. The van der Waals surface area contributed by atoms with E-state index in [1.165, 1.54) is 17.7 Å². The van der Waals surface area contributed by atoms with Crippen molar-refractivity contribution in [1.29, 1.82) is 0 Å². The first-order valence-corrected chi connectivity index (χ1v) is 10.9. The van der Waals surface area contributed by atoms with Gasteiger partial charge in [0, 0.05) is 34.5 Å². The molecular weight excluding hydrogens is 409 g/mol. The van der Waals surface area contributed by atoms with Crippen molar-refractivity contribution in [3.05, 3.63) is 89.3 Å². The van der Waals surface area contributed by atoms with Crippen LogP contribution in [-0.2, 0) is 6.54 Å². The summed E-state index contributed by atoms with van der Waals surface area (Å²) >= 11 is 6.12.